The van der Waals surface area contributed by atoms with E-state index in [1.165, 1.54) is 29.3 Å². The zero-order valence-corrected chi connectivity index (χ0v) is 27.0. The highest BCUT2D eigenvalue weighted by molar-refractivity contribution is 6.00. The molecule has 46 heavy (non-hydrogen) atoms. The summed E-state index contributed by atoms with van der Waals surface area (Å²) in [5, 5.41) is 1.22. The van der Waals surface area contributed by atoms with Gasteiger partial charge in [-0.3, -0.25) is 9.59 Å². The Kier molecular flexibility index (Phi) is 6.53. The molecule has 3 atom stereocenters. The first-order valence-electron chi connectivity index (χ1n) is 17.4. The molecule has 240 valence electrons. The van der Waals surface area contributed by atoms with Crippen LogP contribution in [0.3, 0.4) is 0 Å². The lowest BCUT2D eigenvalue weighted by atomic mass is 9.70. The van der Waals surface area contributed by atoms with Crippen LogP contribution in [-0.4, -0.2) is 74.6 Å². The third-order valence-corrected chi connectivity index (χ3v) is 12.0. The number of aromatic nitrogens is 3. The molecule has 2 amide bonds. The van der Waals surface area contributed by atoms with E-state index in [1.54, 1.807) is 7.11 Å². The Morgan fingerprint density at radius 2 is 1.83 bits per heavy atom. The highest BCUT2D eigenvalue weighted by Gasteiger charge is 2.47. The molecule has 4 heterocycles. The molecule has 3 aliphatic carbocycles. The maximum absolute atomic E-state index is 13.8. The smallest absolute Gasteiger partial charge is 0.254 e. The third kappa shape index (κ3) is 4.33. The molecule has 2 N–H and O–H groups in total. The van der Waals surface area contributed by atoms with Gasteiger partial charge in [0.15, 0.2) is 5.82 Å². The van der Waals surface area contributed by atoms with Crippen molar-refractivity contribution >= 4 is 33.8 Å². The van der Waals surface area contributed by atoms with Gasteiger partial charge < -0.3 is 29.4 Å². The number of methoxy groups -OCH3 is 1. The van der Waals surface area contributed by atoms with Gasteiger partial charge in [0.25, 0.3) is 5.91 Å². The van der Waals surface area contributed by atoms with Crippen molar-refractivity contribution in [1.82, 2.24) is 23.9 Å². The van der Waals surface area contributed by atoms with Crippen LogP contribution in [0.25, 0.3) is 33.5 Å². The summed E-state index contributed by atoms with van der Waals surface area (Å²) in [5.74, 6) is 3.53. The second-order valence-corrected chi connectivity index (χ2v) is 14.7. The monoisotopic (exact) mass is 620 g/mol. The van der Waals surface area contributed by atoms with Crippen LogP contribution in [0.1, 0.15) is 73.2 Å². The molecule has 0 unspecified atom stereocenters. The first-order valence-corrected chi connectivity index (χ1v) is 17.4. The van der Waals surface area contributed by atoms with E-state index in [0.717, 1.165) is 87.3 Å². The predicted octanol–water partition coefficient (Wildman–Crippen LogP) is 5.29. The molecule has 4 aromatic rings. The topological polar surface area (TPSA) is 98.6 Å². The number of aryl methyl sites for hydroxylation is 1. The Morgan fingerprint density at radius 3 is 2.52 bits per heavy atom. The van der Waals surface area contributed by atoms with E-state index in [4.69, 9.17) is 15.5 Å². The number of likely N-dealkylation sites (tertiary alicyclic amines) is 2. The van der Waals surface area contributed by atoms with Crippen LogP contribution in [-0.2, 0) is 18.4 Å². The predicted molar refractivity (Wildman–Crippen MR) is 178 cm³/mol. The van der Waals surface area contributed by atoms with Crippen LogP contribution in [0.2, 0.25) is 0 Å². The largest absolute Gasteiger partial charge is 0.494 e. The summed E-state index contributed by atoms with van der Waals surface area (Å²) in [6, 6.07) is 13.0. The number of imidazole rings is 1. The van der Waals surface area contributed by atoms with E-state index in [9.17, 15) is 9.59 Å². The number of para-hydroxylation sites is 1. The Bertz CT molecular complexity index is 1870. The number of hydrogen-bond donors (Lipinski definition) is 1. The zero-order chi connectivity index (χ0) is 31.3. The van der Waals surface area contributed by atoms with Gasteiger partial charge in [0.1, 0.15) is 11.3 Å². The quantitative estimate of drug-likeness (QED) is 0.303. The number of nitrogens with zero attached hydrogens (tertiary/aromatic N) is 5. The Balaban J connectivity index is 1.09. The minimum absolute atomic E-state index is 0.0181. The summed E-state index contributed by atoms with van der Waals surface area (Å²) in [5.41, 5.74) is 12.4. The fourth-order valence-electron chi connectivity index (χ4n) is 9.15. The molecule has 9 rings (SSSR count). The van der Waals surface area contributed by atoms with Gasteiger partial charge >= 0.3 is 0 Å². The van der Waals surface area contributed by atoms with Crippen molar-refractivity contribution in [3.8, 4) is 17.3 Å². The molecule has 2 saturated heterocycles. The number of amides is 2. The Hall–Kier alpha value is -3.85. The van der Waals surface area contributed by atoms with E-state index in [0.29, 0.717) is 35.0 Å². The van der Waals surface area contributed by atoms with Crippen LogP contribution >= 0.6 is 0 Å². The number of carbonyl (C=O) groups excluding carboxylic acids is 2. The fourth-order valence-corrected chi connectivity index (χ4v) is 9.15. The van der Waals surface area contributed by atoms with Crippen LogP contribution in [0.15, 0.2) is 36.4 Å². The molecule has 2 aromatic carbocycles. The number of benzene rings is 2. The molecule has 9 nitrogen and oxygen atoms in total. The van der Waals surface area contributed by atoms with Crippen LogP contribution in [0.4, 0.5) is 0 Å². The number of hydrogen-bond acceptors (Lipinski definition) is 5. The Morgan fingerprint density at radius 1 is 1.02 bits per heavy atom. The maximum atomic E-state index is 13.8. The number of fused-ring (bicyclic) bond motifs is 4. The van der Waals surface area contributed by atoms with Gasteiger partial charge in [0.2, 0.25) is 5.91 Å². The van der Waals surface area contributed by atoms with Gasteiger partial charge in [-0.1, -0.05) is 18.2 Å². The maximum Gasteiger partial charge on any atom is 0.254 e. The number of nitrogens with two attached hydrogens (primary N) is 1. The van der Waals surface area contributed by atoms with Crippen molar-refractivity contribution in [1.29, 1.82) is 0 Å². The summed E-state index contributed by atoms with van der Waals surface area (Å²) in [4.78, 5) is 36.2. The normalized spacial score (nSPS) is 27.2. The summed E-state index contributed by atoms with van der Waals surface area (Å²) in [7, 11) is 3.72. The van der Waals surface area contributed by atoms with E-state index < -0.39 is 0 Å². The van der Waals surface area contributed by atoms with Crippen molar-refractivity contribution in [2.45, 2.75) is 75.9 Å². The van der Waals surface area contributed by atoms with Crippen LogP contribution in [0.5, 0.6) is 5.75 Å². The number of carbonyl (C=O) groups is 2. The minimum Gasteiger partial charge on any atom is -0.494 e. The SMILES string of the molecule is COc1cc(C(=O)N2C[C@H]3CC[C@@H]2[C@@H]3N)cc2nc(-c3cc4cccc(C5CC(C(=O)N6CCCC6)C5)c4n3CC3CC3)n(C)c12. The van der Waals surface area contributed by atoms with Crippen LogP contribution in [0, 0.1) is 17.8 Å². The summed E-state index contributed by atoms with van der Waals surface area (Å²) in [6.45, 7) is 3.54. The molecule has 5 fully saturated rings. The molecular formula is C37H44N6O3. The van der Waals surface area contributed by atoms with Crippen molar-refractivity contribution in [3.63, 3.8) is 0 Å². The highest BCUT2D eigenvalue weighted by atomic mass is 16.5. The zero-order valence-electron chi connectivity index (χ0n) is 27.0. The van der Waals surface area contributed by atoms with Crippen molar-refractivity contribution in [2.75, 3.05) is 26.7 Å². The van der Waals surface area contributed by atoms with E-state index in [2.05, 4.69) is 38.3 Å². The van der Waals surface area contributed by atoms with Gasteiger partial charge in [-0.05, 0) is 92.9 Å². The first-order chi connectivity index (χ1) is 22.4. The number of rotatable bonds is 7. The summed E-state index contributed by atoms with van der Waals surface area (Å²) in [6.07, 6.45) is 8.73. The van der Waals surface area contributed by atoms with Crippen molar-refractivity contribution < 1.29 is 14.3 Å². The van der Waals surface area contributed by atoms with Gasteiger partial charge in [-0.15, -0.1) is 0 Å². The number of piperidine rings is 1. The molecule has 0 spiro atoms. The average molecular weight is 621 g/mol. The first kappa shape index (κ1) is 28.4. The highest BCUT2D eigenvalue weighted by Crippen LogP contribution is 2.47. The summed E-state index contributed by atoms with van der Waals surface area (Å²) >= 11 is 0. The lowest BCUT2D eigenvalue weighted by molar-refractivity contribution is -0.137. The van der Waals surface area contributed by atoms with Crippen LogP contribution < -0.4 is 10.5 Å². The summed E-state index contributed by atoms with van der Waals surface area (Å²) < 4.78 is 10.5. The molecule has 0 radical (unpaired) electrons. The minimum atomic E-state index is 0.0181. The molecule has 3 saturated carbocycles. The average Bonchev–Trinajstić information content (AvgIpc) is 3.42. The lowest BCUT2D eigenvalue weighted by Crippen LogP contribution is -2.41. The standard InChI is InChI=1S/C37H44N6O3/c1-40-34-28(16-26(18-31(34)46-2)37(45)43-20-23-10-11-29(43)32(23)38)39-35(40)30-17-22-6-5-7-27(33(22)42(30)19-21-8-9-21)24-14-25(15-24)36(44)41-12-3-4-13-41/h5-7,16-18,21,23-25,29,32H,3-4,8-15,19-20,38H2,1-2H3/t23-,24?,25?,29-,32-/m1/s1. The molecule has 2 aliphatic heterocycles. The molecule has 5 aliphatic rings. The molecule has 9 heteroatoms. The van der Waals surface area contributed by atoms with Crippen molar-refractivity contribution in [3.05, 3.63) is 47.5 Å². The van der Waals surface area contributed by atoms with Gasteiger partial charge in [0.05, 0.1) is 23.8 Å². The third-order valence-electron chi connectivity index (χ3n) is 12.0. The van der Waals surface area contributed by atoms with Gasteiger partial charge in [-0.2, -0.15) is 0 Å². The second-order valence-electron chi connectivity index (χ2n) is 14.7. The number of ether oxygens (including phenoxy) is 1. The van der Waals surface area contributed by atoms with E-state index in [-0.39, 0.29) is 23.9 Å². The van der Waals surface area contributed by atoms with Gasteiger partial charge in [0, 0.05) is 62.2 Å². The molecule has 2 aromatic heterocycles. The fraction of sp³-hybridized carbons (Fsp3) is 0.541. The Labute approximate surface area is 269 Å². The second kappa shape index (κ2) is 10.6. The van der Waals surface area contributed by atoms with Crippen molar-refractivity contribution in [2.24, 2.45) is 30.5 Å². The lowest BCUT2D eigenvalue weighted by Gasteiger charge is -2.37. The van der Waals surface area contributed by atoms with Gasteiger partial charge in [-0.25, -0.2) is 4.98 Å². The van der Waals surface area contributed by atoms with E-state index >= 15 is 0 Å². The molecular weight excluding hydrogens is 576 g/mol. The van der Waals surface area contributed by atoms with E-state index in [1.807, 2.05) is 24.1 Å². The molecule has 2 bridgehead atoms.